The molecule has 2 saturated carbocycles. The van der Waals surface area contributed by atoms with Crippen LogP contribution in [-0.2, 0) is 16.1 Å². The maximum absolute atomic E-state index is 12.7. The minimum Gasteiger partial charge on any atom is -0.479 e. The molecule has 1 aromatic carbocycles. The summed E-state index contributed by atoms with van der Waals surface area (Å²) in [5.74, 6) is -0.496. The Bertz CT molecular complexity index is 705. The molecule has 5 heteroatoms. The monoisotopic (exact) mass is 329 g/mol. The molecule has 24 heavy (non-hydrogen) atoms. The standard InChI is InChI=1S/C19H23NO4/c1-17-12-20(16(23)24-11-13-6-4-3-5-7-13)19(15(21)22)10-14(17)8-9-18(17,19)2/h3-7,14H,8-12H2,1-2H3,(H,21,22)/t14-,17+,18-,19+/m0/s1. The summed E-state index contributed by atoms with van der Waals surface area (Å²) >= 11 is 0. The molecule has 3 fully saturated rings. The molecule has 1 N–H and O–H groups in total. The third-order valence-corrected chi connectivity index (χ3v) is 7.34. The molecule has 4 atom stereocenters. The van der Waals surface area contributed by atoms with E-state index in [4.69, 9.17) is 4.74 Å². The van der Waals surface area contributed by atoms with Crippen LogP contribution in [0.3, 0.4) is 0 Å². The summed E-state index contributed by atoms with van der Waals surface area (Å²) in [7, 11) is 0. The SMILES string of the molecule is C[C@@]12CC[C@H]3C[C@]1(C(=O)O)N(C(=O)OCc1ccccc1)C[C@]32C. The Hall–Kier alpha value is -2.04. The van der Waals surface area contributed by atoms with Gasteiger partial charge in [-0.2, -0.15) is 0 Å². The van der Waals surface area contributed by atoms with E-state index in [1.54, 1.807) is 0 Å². The van der Waals surface area contributed by atoms with Crippen LogP contribution in [0.25, 0.3) is 0 Å². The average molecular weight is 329 g/mol. The second-order valence-corrected chi connectivity index (χ2v) is 7.98. The van der Waals surface area contributed by atoms with Crippen molar-refractivity contribution in [2.45, 2.75) is 45.3 Å². The number of ether oxygens (including phenoxy) is 1. The molecule has 0 radical (unpaired) electrons. The van der Waals surface area contributed by atoms with E-state index in [9.17, 15) is 14.7 Å². The van der Waals surface area contributed by atoms with Crippen LogP contribution in [0.1, 0.15) is 38.7 Å². The fourth-order valence-corrected chi connectivity index (χ4v) is 5.74. The molecule has 1 aliphatic heterocycles. The zero-order valence-corrected chi connectivity index (χ0v) is 14.1. The van der Waals surface area contributed by atoms with Gasteiger partial charge in [-0.25, -0.2) is 9.59 Å². The number of nitrogens with zero attached hydrogens (tertiary/aromatic N) is 1. The molecule has 4 rings (SSSR count). The van der Waals surface area contributed by atoms with Crippen molar-refractivity contribution in [3.05, 3.63) is 35.9 Å². The molecule has 0 aromatic heterocycles. The number of aliphatic carboxylic acids is 1. The lowest BCUT2D eigenvalue weighted by Crippen LogP contribution is -2.60. The average Bonchev–Trinajstić information content (AvgIpc) is 3.03. The number of benzene rings is 1. The number of carboxylic acid groups (broad SMARTS) is 1. The highest BCUT2D eigenvalue weighted by Gasteiger charge is 2.81. The molecule has 3 aliphatic rings. The zero-order valence-electron chi connectivity index (χ0n) is 14.1. The van der Waals surface area contributed by atoms with E-state index in [0.717, 1.165) is 18.4 Å². The van der Waals surface area contributed by atoms with Gasteiger partial charge in [0.05, 0.1) is 0 Å². The smallest absolute Gasteiger partial charge is 0.411 e. The molecule has 1 saturated heterocycles. The van der Waals surface area contributed by atoms with E-state index < -0.39 is 17.6 Å². The molecule has 4 bridgehead atoms. The van der Waals surface area contributed by atoms with Gasteiger partial charge in [0.2, 0.25) is 0 Å². The third kappa shape index (κ3) is 1.60. The Morgan fingerprint density at radius 3 is 2.62 bits per heavy atom. The van der Waals surface area contributed by atoms with Gasteiger partial charge in [-0.05, 0) is 36.2 Å². The minimum absolute atomic E-state index is 0.128. The molecular weight excluding hydrogens is 306 g/mol. The Kier molecular flexibility index (Phi) is 3.06. The number of amides is 1. The van der Waals surface area contributed by atoms with Crippen LogP contribution < -0.4 is 0 Å². The summed E-state index contributed by atoms with van der Waals surface area (Å²) in [5.41, 5.74) is -0.712. The van der Waals surface area contributed by atoms with Crippen molar-refractivity contribution < 1.29 is 19.4 Å². The van der Waals surface area contributed by atoms with Gasteiger partial charge in [0.1, 0.15) is 12.1 Å². The van der Waals surface area contributed by atoms with E-state index in [0.29, 0.717) is 18.9 Å². The minimum atomic E-state index is -1.11. The third-order valence-electron chi connectivity index (χ3n) is 7.34. The van der Waals surface area contributed by atoms with Gasteiger partial charge in [0.25, 0.3) is 0 Å². The largest absolute Gasteiger partial charge is 0.479 e. The van der Waals surface area contributed by atoms with Gasteiger partial charge in [0.15, 0.2) is 0 Å². The fourth-order valence-electron chi connectivity index (χ4n) is 5.74. The van der Waals surface area contributed by atoms with Crippen molar-refractivity contribution in [3.8, 4) is 0 Å². The van der Waals surface area contributed by atoms with E-state index >= 15 is 0 Å². The Balaban J connectivity index is 1.60. The lowest BCUT2D eigenvalue weighted by Gasteiger charge is -2.44. The van der Waals surface area contributed by atoms with Crippen LogP contribution in [0.5, 0.6) is 0 Å². The highest BCUT2D eigenvalue weighted by molar-refractivity contribution is 5.88. The van der Waals surface area contributed by atoms with Crippen LogP contribution in [-0.4, -0.2) is 34.2 Å². The second-order valence-electron chi connectivity index (χ2n) is 7.98. The van der Waals surface area contributed by atoms with Gasteiger partial charge >= 0.3 is 12.1 Å². The summed E-state index contributed by atoms with van der Waals surface area (Å²) in [4.78, 5) is 26.5. The topological polar surface area (TPSA) is 66.8 Å². The number of carbonyl (C=O) groups excluding carboxylic acids is 1. The van der Waals surface area contributed by atoms with Gasteiger partial charge in [-0.15, -0.1) is 0 Å². The first-order valence-corrected chi connectivity index (χ1v) is 8.57. The highest BCUT2D eigenvalue weighted by Crippen LogP contribution is 2.75. The van der Waals surface area contributed by atoms with Crippen LogP contribution in [0.4, 0.5) is 4.79 Å². The van der Waals surface area contributed by atoms with Crippen LogP contribution >= 0.6 is 0 Å². The first-order chi connectivity index (χ1) is 11.3. The highest BCUT2D eigenvalue weighted by atomic mass is 16.6. The number of hydrogen-bond acceptors (Lipinski definition) is 3. The van der Waals surface area contributed by atoms with Crippen molar-refractivity contribution in [2.24, 2.45) is 16.7 Å². The maximum atomic E-state index is 12.7. The number of piperidine rings is 1. The lowest BCUT2D eigenvalue weighted by molar-refractivity contribution is -0.156. The van der Waals surface area contributed by atoms with Crippen molar-refractivity contribution in [3.63, 3.8) is 0 Å². The summed E-state index contributed by atoms with van der Waals surface area (Å²) < 4.78 is 5.46. The van der Waals surface area contributed by atoms with Crippen molar-refractivity contribution >= 4 is 12.1 Å². The van der Waals surface area contributed by atoms with E-state index in [1.807, 2.05) is 30.3 Å². The molecular formula is C19H23NO4. The number of carbonyl (C=O) groups is 2. The summed E-state index contributed by atoms with van der Waals surface area (Å²) in [5, 5.41) is 10.0. The van der Waals surface area contributed by atoms with E-state index in [2.05, 4.69) is 13.8 Å². The van der Waals surface area contributed by atoms with Crippen molar-refractivity contribution in [1.82, 2.24) is 4.90 Å². The van der Waals surface area contributed by atoms with Gasteiger partial charge in [0, 0.05) is 12.0 Å². The van der Waals surface area contributed by atoms with Crippen LogP contribution in [0.15, 0.2) is 30.3 Å². The molecule has 1 aromatic rings. The number of carboxylic acids is 1. The van der Waals surface area contributed by atoms with Gasteiger partial charge in [-0.1, -0.05) is 44.2 Å². The van der Waals surface area contributed by atoms with Crippen molar-refractivity contribution in [1.29, 1.82) is 0 Å². The zero-order chi connectivity index (χ0) is 17.2. The fraction of sp³-hybridized carbons (Fsp3) is 0.579. The predicted molar refractivity (Wildman–Crippen MR) is 87.3 cm³/mol. The molecule has 5 nitrogen and oxygen atoms in total. The number of hydrogen-bond donors (Lipinski definition) is 1. The number of likely N-dealkylation sites (tertiary alicyclic amines) is 1. The summed E-state index contributed by atoms with van der Waals surface area (Å²) in [6, 6.07) is 9.46. The Morgan fingerprint density at radius 2 is 2.00 bits per heavy atom. The summed E-state index contributed by atoms with van der Waals surface area (Å²) in [6.45, 7) is 4.86. The first-order valence-electron chi connectivity index (χ1n) is 8.57. The molecule has 1 amide bonds. The normalized spacial score (nSPS) is 39.2. The molecule has 2 aliphatic carbocycles. The van der Waals surface area contributed by atoms with Gasteiger partial charge in [-0.3, -0.25) is 4.90 Å². The molecule has 1 heterocycles. The van der Waals surface area contributed by atoms with E-state index in [1.165, 1.54) is 4.90 Å². The Labute approximate surface area is 141 Å². The predicted octanol–water partition coefficient (Wildman–Crippen LogP) is 3.29. The maximum Gasteiger partial charge on any atom is 0.411 e. The van der Waals surface area contributed by atoms with Gasteiger partial charge < -0.3 is 9.84 Å². The summed E-state index contributed by atoms with van der Waals surface area (Å²) in [6.07, 6.45) is 1.98. The van der Waals surface area contributed by atoms with Crippen molar-refractivity contribution in [2.75, 3.05) is 6.54 Å². The molecule has 0 unspecified atom stereocenters. The quantitative estimate of drug-likeness (QED) is 0.924. The second kappa shape index (κ2) is 4.74. The van der Waals surface area contributed by atoms with Crippen LogP contribution in [0, 0.1) is 16.7 Å². The molecule has 0 spiro atoms. The number of rotatable bonds is 3. The van der Waals surface area contributed by atoms with Crippen LogP contribution in [0.2, 0.25) is 0 Å². The first kappa shape index (κ1) is 15.5. The molecule has 128 valence electrons. The lowest BCUT2D eigenvalue weighted by atomic mass is 9.65. The Morgan fingerprint density at radius 1 is 1.29 bits per heavy atom. The van der Waals surface area contributed by atoms with E-state index in [-0.39, 0.29) is 17.4 Å².